The van der Waals surface area contributed by atoms with Crippen LogP contribution in [0.5, 0.6) is 0 Å². The van der Waals surface area contributed by atoms with Gasteiger partial charge in [-0.3, -0.25) is 4.79 Å². The van der Waals surface area contributed by atoms with E-state index >= 15 is 0 Å². The molecule has 0 N–H and O–H groups in total. The van der Waals surface area contributed by atoms with E-state index in [-0.39, 0.29) is 11.8 Å². The summed E-state index contributed by atoms with van der Waals surface area (Å²) in [6.07, 6.45) is 2.08. The molecule has 3 heterocycles. The Morgan fingerprint density at radius 2 is 2.20 bits per heavy atom. The molecule has 2 aliphatic heterocycles. The molecular formula is C15H21NO3S. The third kappa shape index (κ3) is 2.50. The fourth-order valence-electron chi connectivity index (χ4n) is 3.09. The lowest BCUT2D eigenvalue weighted by molar-refractivity contribution is -0.189. The van der Waals surface area contributed by atoms with Gasteiger partial charge < -0.3 is 14.4 Å². The molecule has 0 radical (unpaired) electrons. The Balaban J connectivity index is 1.72. The van der Waals surface area contributed by atoms with Gasteiger partial charge in [0.25, 0.3) is 5.91 Å². The van der Waals surface area contributed by atoms with Crippen molar-refractivity contribution in [3.63, 3.8) is 0 Å². The molecule has 2 aliphatic rings. The van der Waals surface area contributed by atoms with Crippen LogP contribution in [0.1, 0.15) is 35.0 Å². The Kier molecular flexibility index (Phi) is 3.84. The van der Waals surface area contributed by atoms with Crippen LogP contribution in [0, 0.1) is 12.8 Å². The van der Waals surface area contributed by atoms with Gasteiger partial charge in [-0.25, -0.2) is 0 Å². The summed E-state index contributed by atoms with van der Waals surface area (Å²) in [6, 6.07) is 2.00. The highest BCUT2D eigenvalue weighted by Crippen LogP contribution is 2.34. The van der Waals surface area contributed by atoms with Crippen molar-refractivity contribution < 1.29 is 14.3 Å². The number of piperidine rings is 1. The van der Waals surface area contributed by atoms with Gasteiger partial charge in [-0.2, -0.15) is 0 Å². The molecule has 0 spiro atoms. The van der Waals surface area contributed by atoms with E-state index in [0.717, 1.165) is 36.4 Å². The van der Waals surface area contributed by atoms with Crippen molar-refractivity contribution >= 4 is 17.2 Å². The molecule has 110 valence electrons. The fraction of sp³-hybridized carbons (Fsp3) is 0.667. The van der Waals surface area contributed by atoms with Crippen LogP contribution in [0.25, 0.3) is 0 Å². The monoisotopic (exact) mass is 295 g/mol. The molecule has 5 heteroatoms. The van der Waals surface area contributed by atoms with Crippen LogP contribution in [0.4, 0.5) is 0 Å². The minimum atomic E-state index is -0.510. The Morgan fingerprint density at radius 3 is 2.85 bits per heavy atom. The second-order valence-corrected chi connectivity index (χ2v) is 6.65. The zero-order chi connectivity index (χ0) is 14.2. The van der Waals surface area contributed by atoms with Gasteiger partial charge in [0, 0.05) is 19.0 Å². The predicted molar refractivity (Wildman–Crippen MR) is 78.0 cm³/mol. The lowest BCUT2D eigenvalue weighted by atomic mass is 9.90. The summed E-state index contributed by atoms with van der Waals surface area (Å²) in [4.78, 5) is 15.4. The first-order valence-corrected chi connectivity index (χ1v) is 8.09. The molecular weight excluding hydrogens is 274 g/mol. The van der Waals surface area contributed by atoms with Crippen molar-refractivity contribution in [3.8, 4) is 0 Å². The molecule has 0 bridgehead atoms. The van der Waals surface area contributed by atoms with Gasteiger partial charge in [-0.1, -0.05) is 0 Å². The normalized spacial score (nSPS) is 25.9. The van der Waals surface area contributed by atoms with Gasteiger partial charge in [0.1, 0.15) is 0 Å². The number of aryl methyl sites for hydroxylation is 1. The molecule has 3 rings (SSSR count). The molecule has 20 heavy (non-hydrogen) atoms. The molecule has 1 atom stereocenters. The zero-order valence-electron chi connectivity index (χ0n) is 12.1. The summed E-state index contributed by atoms with van der Waals surface area (Å²) in [5.74, 6) is -0.0875. The van der Waals surface area contributed by atoms with Gasteiger partial charge in [0.2, 0.25) is 0 Å². The summed E-state index contributed by atoms with van der Waals surface area (Å²) < 4.78 is 11.5. The van der Waals surface area contributed by atoms with E-state index in [9.17, 15) is 4.79 Å². The molecule has 1 amide bonds. The third-order valence-electron chi connectivity index (χ3n) is 4.37. The van der Waals surface area contributed by atoms with E-state index in [0.29, 0.717) is 13.2 Å². The zero-order valence-corrected chi connectivity index (χ0v) is 12.9. The number of carbonyl (C=O) groups is 1. The highest BCUT2D eigenvalue weighted by Gasteiger charge is 2.42. The van der Waals surface area contributed by atoms with Crippen molar-refractivity contribution in [2.24, 2.45) is 5.92 Å². The van der Waals surface area contributed by atoms with E-state index in [1.54, 1.807) is 0 Å². The number of thiophene rings is 1. The number of ether oxygens (including phenoxy) is 2. The number of amides is 1. The largest absolute Gasteiger partial charge is 0.347 e. The maximum Gasteiger partial charge on any atom is 0.264 e. The van der Waals surface area contributed by atoms with Gasteiger partial charge in [-0.15, -0.1) is 11.3 Å². The van der Waals surface area contributed by atoms with Crippen molar-refractivity contribution in [2.45, 2.75) is 32.5 Å². The average molecular weight is 295 g/mol. The minimum Gasteiger partial charge on any atom is -0.347 e. The van der Waals surface area contributed by atoms with Crippen molar-refractivity contribution in [1.29, 1.82) is 0 Å². The standard InChI is InChI=1S/C15H21NO3S/c1-11-5-9-20-13(11)14(17)16-6-3-4-12(10-16)15(2)18-7-8-19-15/h5,9,12H,3-4,6-8,10H2,1-2H3. The number of rotatable bonds is 2. The summed E-state index contributed by atoms with van der Waals surface area (Å²) >= 11 is 1.53. The lowest BCUT2D eigenvalue weighted by Crippen LogP contribution is -2.48. The van der Waals surface area contributed by atoms with Crippen LogP contribution in [-0.2, 0) is 9.47 Å². The molecule has 1 unspecified atom stereocenters. The highest BCUT2D eigenvalue weighted by atomic mass is 32.1. The van der Waals surface area contributed by atoms with Gasteiger partial charge >= 0.3 is 0 Å². The Bertz CT molecular complexity index is 493. The molecule has 1 aromatic rings. The van der Waals surface area contributed by atoms with Crippen molar-refractivity contribution in [1.82, 2.24) is 4.90 Å². The number of hydrogen-bond acceptors (Lipinski definition) is 4. The van der Waals surface area contributed by atoms with Crippen molar-refractivity contribution in [3.05, 3.63) is 21.9 Å². The Labute approximate surface area is 123 Å². The van der Waals surface area contributed by atoms with E-state index in [4.69, 9.17) is 9.47 Å². The van der Waals surface area contributed by atoms with Crippen LogP contribution < -0.4 is 0 Å². The average Bonchev–Trinajstić information content (AvgIpc) is 3.08. The summed E-state index contributed by atoms with van der Waals surface area (Å²) in [7, 11) is 0. The number of carbonyl (C=O) groups excluding carboxylic acids is 1. The first-order chi connectivity index (χ1) is 9.60. The van der Waals surface area contributed by atoms with Gasteiger partial charge in [-0.05, 0) is 43.7 Å². The van der Waals surface area contributed by atoms with Crippen LogP contribution >= 0.6 is 11.3 Å². The highest BCUT2D eigenvalue weighted by molar-refractivity contribution is 7.12. The smallest absolute Gasteiger partial charge is 0.264 e. The summed E-state index contributed by atoms with van der Waals surface area (Å²) in [5, 5.41) is 1.98. The third-order valence-corrected chi connectivity index (χ3v) is 5.37. The van der Waals surface area contributed by atoms with E-state index in [1.807, 2.05) is 30.2 Å². The molecule has 2 fully saturated rings. The summed E-state index contributed by atoms with van der Waals surface area (Å²) in [5.41, 5.74) is 1.07. The van der Waals surface area contributed by atoms with E-state index in [1.165, 1.54) is 11.3 Å². The van der Waals surface area contributed by atoms with Gasteiger partial charge in [0.15, 0.2) is 5.79 Å². The first kappa shape index (κ1) is 14.0. The molecule has 0 aliphatic carbocycles. The second kappa shape index (κ2) is 5.47. The Hall–Kier alpha value is -0.910. The van der Waals surface area contributed by atoms with Crippen LogP contribution in [0.3, 0.4) is 0 Å². The molecule has 4 nitrogen and oxygen atoms in total. The number of hydrogen-bond donors (Lipinski definition) is 0. The van der Waals surface area contributed by atoms with E-state index in [2.05, 4.69) is 0 Å². The number of nitrogens with zero attached hydrogens (tertiary/aromatic N) is 1. The Morgan fingerprint density at radius 1 is 1.45 bits per heavy atom. The van der Waals surface area contributed by atoms with Crippen LogP contribution in [0.15, 0.2) is 11.4 Å². The van der Waals surface area contributed by atoms with Crippen LogP contribution in [-0.4, -0.2) is 42.9 Å². The second-order valence-electron chi connectivity index (χ2n) is 5.74. The van der Waals surface area contributed by atoms with Gasteiger partial charge in [0.05, 0.1) is 18.1 Å². The minimum absolute atomic E-state index is 0.156. The predicted octanol–water partition coefficient (Wildman–Crippen LogP) is 2.67. The fourth-order valence-corrected chi connectivity index (χ4v) is 3.98. The number of likely N-dealkylation sites (tertiary alicyclic amines) is 1. The van der Waals surface area contributed by atoms with Crippen molar-refractivity contribution in [2.75, 3.05) is 26.3 Å². The maximum atomic E-state index is 12.6. The summed E-state index contributed by atoms with van der Waals surface area (Å²) in [6.45, 7) is 6.89. The lowest BCUT2D eigenvalue weighted by Gasteiger charge is -2.39. The SMILES string of the molecule is Cc1ccsc1C(=O)N1CCCC(C2(C)OCCO2)C1. The quantitative estimate of drug-likeness (QED) is 0.842. The van der Waals surface area contributed by atoms with Crippen LogP contribution in [0.2, 0.25) is 0 Å². The maximum absolute atomic E-state index is 12.6. The molecule has 2 saturated heterocycles. The van der Waals surface area contributed by atoms with E-state index < -0.39 is 5.79 Å². The molecule has 0 saturated carbocycles. The molecule has 1 aromatic heterocycles. The first-order valence-electron chi connectivity index (χ1n) is 7.21. The topological polar surface area (TPSA) is 38.8 Å². The molecule has 0 aromatic carbocycles.